The standard InChI is InChI=1S/C8H4BrClN2.C8H5BrN2O.Cl3OP/c9-6-2-1-5-4-11-8(10)12-7(5)3-6;9-6-2-1-5-4-10-8(12)11-7(5)3-6;1-5(2,3)4/h1-4H;1-4H,(H,10,11,12);. The van der Waals surface area contributed by atoms with E-state index in [1.54, 1.807) is 12.4 Å². The van der Waals surface area contributed by atoms with Gasteiger partial charge >= 0.3 is 10.9 Å². The third-order valence-corrected chi connectivity index (χ3v) is 4.26. The molecule has 0 saturated carbocycles. The summed E-state index contributed by atoms with van der Waals surface area (Å²) < 4.78 is 11.4. The van der Waals surface area contributed by atoms with Crippen LogP contribution >= 0.6 is 82.4 Å². The highest BCUT2D eigenvalue weighted by atomic mass is 79.9. The molecule has 2 aromatic heterocycles. The highest BCUT2D eigenvalue weighted by Crippen LogP contribution is 2.61. The van der Waals surface area contributed by atoms with Crippen molar-refractivity contribution in [1.82, 2.24) is 19.9 Å². The van der Waals surface area contributed by atoms with Crippen molar-refractivity contribution in [3.8, 4) is 0 Å². The van der Waals surface area contributed by atoms with Crippen molar-refractivity contribution in [3.05, 3.63) is 73.5 Å². The Bertz CT molecular complexity index is 1210. The molecule has 0 saturated heterocycles. The lowest BCUT2D eigenvalue weighted by Gasteiger charge is -1.96. The minimum Gasteiger partial charge on any atom is -0.305 e. The smallest absolute Gasteiger partial charge is 0.305 e. The molecule has 1 N–H and O–H groups in total. The largest absolute Gasteiger partial charge is 0.345 e. The van der Waals surface area contributed by atoms with Gasteiger partial charge in [-0.3, -0.25) is 4.57 Å². The van der Waals surface area contributed by atoms with Gasteiger partial charge in [0.05, 0.1) is 11.0 Å². The number of hydrogen-bond donors (Lipinski definition) is 1. The van der Waals surface area contributed by atoms with E-state index in [0.717, 1.165) is 30.8 Å². The number of hydrogen-bond acceptors (Lipinski definition) is 5. The van der Waals surface area contributed by atoms with Crippen LogP contribution in [-0.2, 0) is 4.57 Å². The summed E-state index contributed by atoms with van der Waals surface area (Å²) in [5.41, 5.74) is 1.33. The predicted molar refractivity (Wildman–Crippen MR) is 127 cm³/mol. The maximum Gasteiger partial charge on any atom is 0.345 e. The van der Waals surface area contributed by atoms with Gasteiger partial charge in [0.15, 0.2) is 0 Å². The molecule has 0 atom stereocenters. The number of benzene rings is 2. The molecule has 29 heavy (non-hydrogen) atoms. The number of fused-ring (bicyclic) bond motifs is 2. The van der Waals surface area contributed by atoms with Crippen molar-refractivity contribution in [1.29, 1.82) is 0 Å². The van der Waals surface area contributed by atoms with Crippen LogP contribution < -0.4 is 5.69 Å². The van der Waals surface area contributed by atoms with E-state index in [9.17, 15) is 9.36 Å². The summed E-state index contributed by atoms with van der Waals surface area (Å²) >= 11 is 26.2. The molecular weight excluding hydrogens is 613 g/mol. The van der Waals surface area contributed by atoms with Gasteiger partial charge in [0.25, 0.3) is 0 Å². The molecule has 152 valence electrons. The summed E-state index contributed by atoms with van der Waals surface area (Å²) in [5.74, 6) is 0. The third kappa shape index (κ3) is 9.30. The van der Waals surface area contributed by atoms with Crippen molar-refractivity contribution < 1.29 is 4.57 Å². The summed E-state index contributed by atoms with van der Waals surface area (Å²) in [6, 6.07) is 11.4. The van der Waals surface area contributed by atoms with Crippen LogP contribution in [0.25, 0.3) is 21.8 Å². The zero-order chi connectivity index (χ0) is 21.6. The Balaban J connectivity index is 0.000000170. The molecule has 0 amide bonds. The quantitative estimate of drug-likeness (QED) is 0.162. The minimum absolute atomic E-state index is 0.278. The van der Waals surface area contributed by atoms with E-state index in [1.165, 1.54) is 0 Å². The van der Waals surface area contributed by atoms with Crippen molar-refractivity contribution in [3.63, 3.8) is 0 Å². The second kappa shape index (κ2) is 11.0. The fraction of sp³-hybridized carbons (Fsp3) is 0. The average Bonchev–Trinajstić information content (AvgIpc) is 2.60. The number of rotatable bonds is 0. The Morgan fingerprint density at radius 3 is 2.10 bits per heavy atom. The Morgan fingerprint density at radius 2 is 1.45 bits per heavy atom. The Labute approximate surface area is 201 Å². The van der Waals surface area contributed by atoms with Gasteiger partial charge in [-0.25, -0.2) is 19.7 Å². The Hall–Kier alpha value is -0.730. The lowest BCUT2D eigenvalue weighted by molar-refractivity contribution is 0.600. The molecule has 2 aromatic carbocycles. The van der Waals surface area contributed by atoms with Gasteiger partial charge in [0.2, 0.25) is 5.28 Å². The first-order chi connectivity index (χ1) is 13.5. The van der Waals surface area contributed by atoms with E-state index in [2.05, 4.69) is 85.5 Å². The predicted octanol–water partition coefficient (Wildman–Crippen LogP) is 7.54. The van der Waals surface area contributed by atoms with Gasteiger partial charge in [-0.05, 0) is 69.6 Å². The number of nitrogens with zero attached hydrogens (tertiary/aromatic N) is 3. The van der Waals surface area contributed by atoms with Crippen LogP contribution in [-0.4, -0.2) is 19.9 Å². The van der Waals surface area contributed by atoms with Crippen LogP contribution in [0.4, 0.5) is 0 Å². The molecule has 0 aliphatic heterocycles. The third-order valence-electron chi connectivity index (χ3n) is 3.09. The highest BCUT2D eigenvalue weighted by Gasteiger charge is 2.03. The molecular formula is C16H9Br2Cl4N4O2P. The van der Waals surface area contributed by atoms with Gasteiger partial charge in [-0.1, -0.05) is 44.0 Å². The van der Waals surface area contributed by atoms with Crippen molar-refractivity contribution >= 4 is 104 Å². The van der Waals surface area contributed by atoms with Crippen LogP contribution in [0.1, 0.15) is 0 Å². The van der Waals surface area contributed by atoms with Gasteiger partial charge < -0.3 is 4.98 Å². The van der Waals surface area contributed by atoms with E-state index in [1.807, 2.05) is 36.4 Å². The topological polar surface area (TPSA) is 88.6 Å². The number of halogens is 6. The average molecular weight is 622 g/mol. The maximum atomic E-state index is 10.8. The molecule has 2 heterocycles. The number of nitrogens with one attached hydrogen (secondary N) is 1. The molecule has 0 unspecified atom stereocenters. The first-order valence-corrected chi connectivity index (χ1v) is 13.8. The SMILES string of the molecule is Clc1ncc2ccc(Br)cc2n1.O=P(Cl)(Cl)Cl.O=c1ncc2ccc(Br)cc2[nH]1. The number of H-pyrrole nitrogens is 1. The zero-order valence-corrected chi connectivity index (χ0v) is 21.1. The summed E-state index contributed by atoms with van der Waals surface area (Å²) in [6.07, 6.45) is 3.26. The van der Waals surface area contributed by atoms with Gasteiger partial charge in [0, 0.05) is 32.1 Å². The minimum atomic E-state index is -3.22. The molecule has 0 fully saturated rings. The molecule has 0 bridgehead atoms. The number of aromatic amines is 1. The van der Waals surface area contributed by atoms with E-state index in [4.69, 9.17) is 11.6 Å². The van der Waals surface area contributed by atoms with Gasteiger partial charge in [0.1, 0.15) is 0 Å². The number of aromatic nitrogens is 4. The first kappa shape index (κ1) is 24.5. The monoisotopic (exact) mass is 618 g/mol. The van der Waals surface area contributed by atoms with E-state index >= 15 is 0 Å². The van der Waals surface area contributed by atoms with Crippen molar-refractivity contribution in [2.45, 2.75) is 0 Å². The van der Waals surface area contributed by atoms with Crippen molar-refractivity contribution in [2.24, 2.45) is 0 Å². The second-order valence-corrected chi connectivity index (χ2v) is 14.0. The Morgan fingerprint density at radius 1 is 0.897 bits per heavy atom. The molecule has 0 spiro atoms. The van der Waals surface area contributed by atoms with E-state index < -0.39 is 5.20 Å². The molecule has 0 aliphatic rings. The van der Waals surface area contributed by atoms with Crippen LogP contribution in [0.2, 0.25) is 5.28 Å². The summed E-state index contributed by atoms with van der Waals surface area (Å²) in [5, 5.41) is -1.03. The highest BCUT2D eigenvalue weighted by molar-refractivity contribution is 9.10. The molecule has 6 nitrogen and oxygen atoms in total. The molecule has 0 aliphatic carbocycles. The van der Waals surface area contributed by atoms with Crippen LogP contribution in [0.5, 0.6) is 0 Å². The summed E-state index contributed by atoms with van der Waals surface area (Å²) in [4.78, 5) is 25.0. The molecule has 13 heteroatoms. The van der Waals surface area contributed by atoms with E-state index in [0.29, 0.717) is 0 Å². The molecule has 4 rings (SSSR count). The molecule has 0 radical (unpaired) electrons. The van der Waals surface area contributed by atoms with Crippen molar-refractivity contribution in [2.75, 3.05) is 0 Å². The maximum absolute atomic E-state index is 10.8. The lowest BCUT2D eigenvalue weighted by Crippen LogP contribution is -2.08. The first-order valence-electron chi connectivity index (χ1n) is 7.42. The van der Waals surface area contributed by atoms with Crippen LogP contribution in [0.15, 0.2) is 62.5 Å². The second-order valence-electron chi connectivity index (χ2n) is 5.16. The fourth-order valence-corrected chi connectivity index (χ4v) is 2.85. The van der Waals surface area contributed by atoms with Gasteiger partial charge in [-0.2, -0.15) is 0 Å². The normalized spacial score (nSPS) is 10.7. The van der Waals surface area contributed by atoms with Crippen LogP contribution in [0, 0.1) is 0 Å². The molecule has 4 aromatic rings. The zero-order valence-electron chi connectivity index (χ0n) is 14.0. The fourth-order valence-electron chi connectivity index (χ4n) is 2.00. The Kier molecular flexibility index (Phi) is 9.35. The summed E-state index contributed by atoms with van der Waals surface area (Å²) in [7, 11) is 0. The van der Waals surface area contributed by atoms with Gasteiger partial charge in [-0.15, -0.1) is 0 Å². The van der Waals surface area contributed by atoms with E-state index in [-0.39, 0.29) is 11.0 Å². The summed E-state index contributed by atoms with van der Waals surface area (Å²) in [6.45, 7) is 0. The van der Waals surface area contributed by atoms with Crippen LogP contribution in [0.3, 0.4) is 0 Å². The lowest BCUT2D eigenvalue weighted by atomic mass is 10.2.